The molecule has 0 saturated carbocycles. The van der Waals surface area contributed by atoms with E-state index in [1.165, 1.54) is 6.07 Å². The average molecular weight is 404 g/mol. The van der Waals surface area contributed by atoms with Gasteiger partial charge in [0.25, 0.3) is 0 Å². The van der Waals surface area contributed by atoms with E-state index in [1.807, 2.05) is 0 Å². The normalized spacial score (nSPS) is 12.5. The minimum Gasteiger partial charge on any atom is -0.466 e. The van der Waals surface area contributed by atoms with Crippen LogP contribution in [-0.4, -0.2) is 24.3 Å². The molecule has 0 unspecified atom stereocenters. The fourth-order valence-electron chi connectivity index (χ4n) is 2.08. The summed E-state index contributed by atoms with van der Waals surface area (Å²) in [4.78, 5) is 23.9. The van der Waals surface area contributed by atoms with E-state index in [1.54, 1.807) is 40.7 Å². The van der Waals surface area contributed by atoms with E-state index in [2.05, 4.69) is 21.2 Å². The first kappa shape index (κ1) is 20.4. The third-order valence-electron chi connectivity index (χ3n) is 2.99. The number of hydrogen-bond acceptors (Lipinski definition) is 4. The molecule has 0 fully saturated rings. The fourth-order valence-corrected chi connectivity index (χ4v) is 2.67. The van der Waals surface area contributed by atoms with Gasteiger partial charge >= 0.3 is 12.1 Å². The van der Waals surface area contributed by atoms with Gasteiger partial charge in [0.05, 0.1) is 19.1 Å². The van der Waals surface area contributed by atoms with Gasteiger partial charge in [0, 0.05) is 10.0 Å². The summed E-state index contributed by atoms with van der Waals surface area (Å²) >= 11 is 3.30. The molecule has 5 nitrogen and oxygen atoms in total. The molecule has 0 aromatic heterocycles. The van der Waals surface area contributed by atoms with Crippen molar-refractivity contribution in [2.45, 2.75) is 52.7 Å². The second kappa shape index (κ2) is 8.46. The Morgan fingerprint density at radius 1 is 1.33 bits per heavy atom. The highest BCUT2D eigenvalue weighted by atomic mass is 79.9. The van der Waals surface area contributed by atoms with Gasteiger partial charge in [0.15, 0.2) is 0 Å². The van der Waals surface area contributed by atoms with Gasteiger partial charge < -0.3 is 14.8 Å². The van der Waals surface area contributed by atoms with Crippen LogP contribution < -0.4 is 5.32 Å². The zero-order valence-electron chi connectivity index (χ0n) is 14.5. The molecule has 0 radical (unpaired) electrons. The van der Waals surface area contributed by atoms with Crippen molar-refractivity contribution >= 4 is 28.0 Å². The third-order valence-corrected chi connectivity index (χ3v) is 3.45. The maximum atomic E-state index is 14.5. The van der Waals surface area contributed by atoms with Crippen molar-refractivity contribution in [3.05, 3.63) is 33.5 Å². The maximum Gasteiger partial charge on any atom is 0.408 e. The molecule has 7 heteroatoms. The van der Waals surface area contributed by atoms with Crippen LogP contribution in [0, 0.1) is 12.7 Å². The molecule has 1 rings (SSSR count). The van der Waals surface area contributed by atoms with E-state index in [0.717, 1.165) is 0 Å². The van der Waals surface area contributed by atoms with Gasteiger partial charge in [-0.1, -0.05) is 15.9 Å². The van der Waals surface area contributed by atoms with E-state index < -0.39 is 29.5 Å². The summed E-state index contributed by atoms with van der Waals surface area (Å²) in [7, 11) is 0. The summed E-state index contributed by atoms with van der Waals surface area (Å²) in [6.07, 6.45) is -0.922. The number of aryl methyl sites for hydroxylation is 1. The van der Waals surface area contributed by atoms with E-state index >= 15 is 0 Å². The molecule has 1 aromatic carbocycles. The van der Waals surface area contributed by atoms with Gasteiger partial charge in [-0.15, -0.1) is 0 Å². The van der Waals surface area contributed by atoms with E-state index in [0.29, 0.717) is 10.0 Å². The molecule has 134 valence electrons. The monoisotopic (exact) mass is 403 g/mol. The third kappa shape index (κ3) is 6.47. The number of rotatable bonds is 5. The van der Waals surface area contributed by atoms with Crippen molar-refractivity contribution in [1.29, 1.82) is 0 Å². The quantitative estimate of drug-likeness (QED) is 0.739. The number of carbonyl (C=O) groups is 2. The molecule has 1 atom stereocenters. The zero-order chi connectivity index (χ0) is 18.5. The van der Waals surface area contributed by atoms with Gasteiger partial charge in [-0.25, -0.2) is 9.18 Å². The highest BCUT2D eigenvalue weighted by Crippen LogP contribution is 2.27. The number of halogens is 2. The molecule has 1 amide bonds. The van der Waals surface area contributed by atoms with Crippen LogP contribution in [0.5, 0.6) is 0 Å². The molecule has 0 aliphatic rings. The van der Waals surface area contributed by atoms with Crippen molar-refractivity contribution < 1.29 is 23.5 Å². The fraction of sp³-hybridized carbons (Fsp3) is 0.529. The standard InChI is InChI=1S/C17H23BrFNO4/c1-6-23-14(21)9-13(20-16(22)24-17(3,4)5)12-8-11(18)7-10(2)15(12)19/h7-8,13H,6,9H2,1-5H3,(H,20,22)/t13-/m0/s1. The van der Waals surface area contributed by atoms with Gasteiger partial charge in [0.1, 0.15) is 11.4 Å². The van der Waals surface area contributed by atoms with Crippen LogP contribution in [0.2, 0.25) is 0 Å². The number of carbonyl (C=O) groups excluding carboxylic acids is 2. The van der Waals surface area contributed by atoms with Crippen molar-refractivity contribution in [3.8, 4) is 0 Å². The number of esters is 1. The second-order valence-corrected chi connectivity index (χ2v) is 7.25. The number of amides is 1. The SMILES string of the molecule is CCOC(=O)C[C@H](NC(=O)OC(C)(C)C)c1cc(Br)cc(C)c1F. The number of alkyl carbamates (subject to hydrolysis) is 1. The first-order valence-electron chi connectivity index (χ1n) is 7.64. The Labute approximate surface area is 150 Å². The van der Waals surface area contributed by atoms with Crippen LogP contribution in [0.3, 0.4) is 0 Å². The summed E-state index contributed by atoms with van der Waals surface area (Å²) < 4.78 is 25.2. The Hall–Kier alpha value is -1.63. The highest BCUT2D eigenvalue weighted by molar-refractivity contribution is 9.10. The first-order valence-corrected chi connectivity index (χ1v) is 8.43. The zero-order valence-corrected chi connectivity index (χ0v) is 16.1. The average Bonchev–Trinajstić information content (AvgIpc) is 2.40. The van der Waals surface area contributed by atoms with E-state index in [9.17, 15) is 14.0 Å². The molecule has 0 saturated heterocycles. The van der Waals surface area contributed by atoms with Crippen LogP contribution in [0.1, 0.15) is 51.3 Å². The smallest absolute Gasteiger partial charge is 0.408 e. The van der Waals surface area contributed by atoms with Crippen molar-refractivity contribution in [2.24, 2.45) is 0 Å². The van der Waals surface area contributed by atoms with E-state index in [4.69, 9.17) is 9.47 Å². The lowest BCUT2D eigenvalue weighted by atomic mass is 10.0. The number of hydrogen-bond donors (Lipinski definition) is 1. The number of nitrogens with one attached hydrogen (secondary N) is 1. The van der Waals surface area contributed by atoms with Crippen molar-refractivity contribution in [2.75, 3.05) is 6.61 Å². The predicted octanol–water partition coefficient (Wildman–Crippen LogP) is 4.42. The van der Waals surface area contributed by atoms with Gasteiger partial charge in [-0.2, -0.15) is 0 Å². The summed E-state index contributed by atoms with van der Waals surface area (Å²) in [5.41, 5.74) is -0.107. The van der Waals surface area contributed by atoms with Crippen LogP contribution in [-0.2, 0) is 14.3 Å². The topological polar surface area (TPSA) is 64.6 Å². The number of ether oxygens (including phenoxy) is 2. The largest absolute Gasteiger partial charge is 0.466 e. The summed E-state index contributed by atoms with van der Waals surface area (Å²) in [6, 6.07) is 2.26. The summed E-state index contributed by atoms with van der Waals surface area (Å²) in [5, 5.41) is 2.55. The van der Waals surface area contributed by atoms with Crippen LogP contribution in [0.15, 0.2) is 16.6 Å². The molecule has 1 aromatic rings. The molecule has 1 N–H and O–H groups in total. The predicted molar refractivity (Wildman–Crippen MR) is 92.2 cm³/mol. The second-order valence-electron chi connectivity index (χ2n) is 6.33. The summed E-state index contributed by atoms with van der Waals surface area (Å²) in [5.74, 6) is -1.01. The minimum absolute atomic E-state index is 0.195. The van der Waals surface area contributed by atoms with Crippen LogP contribution >= 0.6 is 15.9 Å². The lowest BCUT2D eigenvalue weighted by Gasteiger charge is -2.24. The molecule has 0 spiro atoms. The molecular formula is C17H23BrFNO4. The Balaban J connectivity index is 3.10. The Morgan fingerprint density at radius 2 is 1.96 bits per heavy atom. The van der Waals surface area contributed by atoms with Crippen molar-refractivity contribution in [1.82, 2.24) is 5.32 Å². The molecule has 0 aliphatic carbocycles. The Morgan fingerprint density at radius 3 is 2.50 bits per heavy atom. The summed E-state index contributed by atoms with van der Waals surface area (Å²) in [6.45, 7) is 8.65. The minimum atomic E-state index is -0.893. The molecule has 24 heavy (non-hydrogen) atoms. The van der Waals surface area contributed by atoms with Gasteiger partial charge in [-0.3, -0.25) is 4.79 Å². The Bertz CT molecular complexity index is 613. The number of benzene rings is 1. The van der Waals surface area contributed by atoms with Crippen molar-refractivity contribution in [3.63, 3.8) is 0 Å². The molecule has 0 heterocycles. The van der Waals surface area contributed by atoms with E-state index in [-0.39, 0.29) is 18.6 Å². The maximum absolute atomic E-state index is 14.5. The lowest BCUT2D eigenvalue weighted by Crippen LogP contribution is -2.36. The van der Waals surface area contributed by atoms with Crippen LogP contribution in [0.4, 0.5) is 9.18 Å². The first-order chi connectivity index (χ1) is 11.0. The van der Waals surface area contributed by atoms with Gasteiger partial charge in [-0.05, 0) is 52.3 Å². The molecule has 0 bridgehead atoms. The van der Waals surface area contributed by atoms with Gasteiger partial charge in [0.2, 0.25) is 0 Å². The lowest BCUT2D eigenvalue weighted by molar-refractivity contribution is -0.143. The Kier molecular flexibility index (Phi) is 7.20. The highest BCUT2D eigenvalue weighted by Gasteiger charge is 2.26. The molecular weight excluding hydrogens is 381 g/mol. The van der Waals surface area contributed by atoms with Crippen LogP contribution in [0.25, 0.3) is 0 Å². The molecule has 0 aliphatic heterocycles.